The number of ether oxygens (including phenoxy) is 1. The van der Waals surface area contributed by atoms with Crippen molar-refractivity contribution in [3.05, 3.63) is 76.4 Å². The molecule has 180 valence electrons. The molecule has 0 bridgehead atoms. The van der Waals surface area contributed by atoms with Gasteiger partial charge >= 0.3 is 0 Å². The Morgan fingerprint density at radius 3 is 2.50 bits per heavy atom. The number of rotatable bonds is 9. The van der Waals surface area contributed by atoms with Gasteiger partial charge in [-0.3, -0.25) is 4.90 Å². The van der Waals surface area contributed by atoms with Gasteiger partial charge in [0.15, 0.2) is 5.82 Å². The van der Waals surface area contributed by atoms with Crippen LogP contribution in [0.3, 0.4) is 0 Å². The van der Waals surface area contributed by atoms with E-state index in [9.17, 15) is 5.11 Å². The molecule has 1 N–H and O–H groups in total. The first-order chi connectivity index (χ1) is 16.5. The Bertz CT molecular complexity index is 1070. The number of hydrogen-bond donors (Lipinski definition) is 1. The van der Waals surface area contributed by atoms with Crippen LogP contribution in [0.25, 0.3) is 11.4 Å². The highest BCUT2D eigenvalue weighted by Crippen LogP contribution is 2.29. The van der Waals surface area contributed by atoms with Gasteiger partial charge in [0, 0.05) is 67.6 Å². The van der Waals surface area contributed by atoms with Gasteiger partial charge in [0.1, 0.15) is 5.82 Å². The van der Waals surface area contributed by atoms with E-state index in [2.05, 4.69) is 22.8 Å². The molecule has 3 aromatic rings. The average Bonchev–Trinajstić information content (AvgIpc) is 2.85. The molecule has 6 nitrogen and oxygen atoms in total. The van der Waals surface area contributed by atoms with E-state index in [0.29, 0.717) is 19.8 Å². The molecule has 1 aliphatic heterocycles. The first kappa shape index (κ1) is 24.6. The molecule has 2 aromatic carbocycles. The number of halogens is 1. The summed E-state index contributed by atoms with van der Waals surface area (Å²) in [6.45, 7) is 9.05. The molecule has 1 aromatic heterocycles. The largest absolute Gasteiger partial charge is 0.389 e. The molecule has 1 aliphatic rings. The highest BCUT2D eigenvalue weighted by Gasteiger charge is 2.24. The predicted octanol–water partition coefficient (Wildman–Crippen LogP) is 4.22. The summed E-state index contributed by atoms with van der Waals surface area (Å²) in [6, 6.07) is 18.1. The first-order valence-corrected chi connectivity index (χ1v) is 12.3. The summed E-state index contributed by atoms with van der Waals surface area (Å²) in [5, 5.41) is 11.0. The maximum Gasteiger partial charge on any atom is 0.161 e. The van der Waals surface area contributed by atoms with Gasteiger partial charge in [0.25, 0.3) is 0 Å². The lowest BCUT2D eigenvalue weighted by atomic mass is 10.0. The number of aliphatic hydroxyl groups excluding tert-OH is 1. The van der Waals surface area contributed by atoms with E-state index in [4.69, 9.17) is 26.3 Å². The summed E-state index contributed by atoms with van der Waals surface area (Å²) in [6.07, 6.45) is 0.264. The molecule has 2 heterocycles. The minimum absolute atomic E-state index is 0.381. The molecule has 1 saturated heterocycles. The molecule has 0 spiro atoms. The van der Waals surface area contributed by atoms with Gasteiger partial charge in [-0.2, -0.15) is 0 Å². The Kier molecular flexibility index (Phi) is 8.51. The van der Waals surface area contributed by atoms with E-state index in [0.717, 1.165) is 71.6 Å². The van der Waals surface area contributed by atoms with E-state index >= 15 is 0 Å². The third kappa shape index (κ3) is 6.33. The molecule has 1 unspecified atom stereocenters. The Balaban J connectivity index is 1.58. The van der Waals surface area contributed by atoms with Crippen LogP contribution in [-0.2, 0) is 11.2 Å². The molecule has 0 amide bonds. The minimum atomic E-state index is -0.462. The van der Waals surface area contributed by atoms with Crippen molar-refractivity contribution in [2.45, 2.75) is 26.4 Å². The number of benzene rings is 2. The number of hydrogen-bond acceptors (Lipinski definition) is 6. The summed E-state index contributed by atoms with van der Waals surface area (Å²) < 4.78 is 5.36. The van der Waals surface area contributed by atoms with Crippen molar-refractivity contribution in [1.82, 2.24) is 14.9 Å². The zero-order valence-corrected chi connectivity index (χ0v) is 20.7. The summed E-state index contributed by atoms with van der Waals surface area (Å²) in [7, 11) is 0. The van der Waals surface area contributed by atoms with Gasteiger partial charge in [-0.25, -0.2) is 9.97 Å². The normalized spacial score (nSPS) is 15.5. The van der Waals surface area contributed by atoms with Crippen molar-refractivity contribution in [2.24, 2.45) is 0 Å². The van der Waals surface area contributed by atoms with Crippen LogP contribution in [-0.4, -0.2) is 72.0 Å². The quantitative estimate of drug-likeness (QED) is 0.495. The predicted molar refractivity (Wildman–Crippen MR) is 138 cm³/mol. The Hall–Kier alpha value is -2.51. The number of nitrogens with zero attached hydrogens (tertiary/aromatic N) is 4. The van der Waals surface area contributed by atoms with Gasteiger partial charge in [-0.1, -0.05) is 54.1 Å². The first-order valence-electron chi connectivity index (χ1n) is 11.9. The molecular formula is C27H33ClN4O2. The number of anilines is 1. The summed E-state index contributed by atoms with van der Waals surface area (Å²) in [4.78, 5) is 14.6. The average molecular weight is 481 g/mol. The number of aliphatic hydroxyl groups is 1. The zero-order valence-electron chi connectivity index (χ0n) is 20.0. The SMILES string of the molecule is CCOCC(O)CN1CCN(c2nc(-c3ccccc3)nc(C)c2Cc2cccc(Cl)c2)CC1. The zero-order chi connectivity index (χ0) is 23.9. The number of aromatic nitrogens is 2. The van der Waals surface area contributed by atoms with Crippen LogP contribution in [0.5, 0.6) is 0 Å². The standard InChI is InChI=1S/C27H33ClN4O2/c1-3-34-19-24(33)18-31-12-14-32(15-13-31)27-25(17-21-8-7-11-23(28)16-21)20(2)29-26(30-27)22-9-5-4-6-10-22/h4-11,16,24,33H,3,12-15,17-19H2,1-2H3. The third-order valence-corrected chi connectivity index (χ3v) is 6.38. The lowest BCUT2D eigenvalue weighted by Gasteiger charge is -2.37. The number of β-amino-alcohol motifs (C(OH)–C–C–N with tert-alkyl or cyclic N) is 1. The second-order valence-electron chi connectivity index (χ2n) is 8.71. The maximum atomic E-state index is 10.2. The van der Waals surface area contributed by atoms with Crippen LogP contribution in [0.4, 0.5) is 5.82 Å². The van der Waals surface area contributed by atoms with E-state index in [1.54, 1.807) is 0 Å². The number of piperazine rings is 1. The molecule has 0 aliphatic carbocycles. The van der Waals surface area contributed by atoms with Crippen molar-refractivity contribution in [1.29, 1.82) is 0 Å². The fourth-order valence-corrected chi connectivity index (χ4v) is 4.58. The van der Waals surface area contributed by atoms with Crippen molar-refractivity contribution in [3.8, 4) is 11.4 Å². The van der Waals surface area contributed by atoms with Crippen molar-refractivity contribution < 1.29 is 9.84 Å². The molecular weight excluding hydrogens is 448 g/mol. The van der Waals surface area contributed by atoms with Crippen molar-refractivity contribution in [2.75, 3.05) is 50.8 Å². The van der Waals surface area contributed by atoms with E-state index in [1.807, 2.05) is 55.5 Å². The molecule has 1 atom stereocenters. The van der Waals surface area contributed by atoms with Gasteiger partial charge < -0.3 is 14.7 Å². The molecule has 0 saturated carbocycles. The number of aryl methyl sites for hydroxylation is 1. The van der Waals surface area contributed by atoms with Crippen LogP contribution < -0.4 is 4.90 Å². The minimum Gasteiger partial charge on any atom is -0.389 e. The second kappa shape index (κ2) is 11.8. The van der Waals surface area contributed by atoms with E-state index in [1.165, 1.54) is 0 Å². The smallest absolute Gasteiger partial charge is 0.161 e. The lowest BCUT2D eigenvalue weighted by Crippen LogP contribution is -2.49. The monoisotopic (exact) mass is 480 g/mol. The lowest BCUT2D eigenvalue weighted by molar-refractivity contribution is 0.0202. The van der Waals surface area contributed by atoms with E-state index < -0.39 is 6.10 Å². The van der Waals surface area contributed by atoms with Crippen LogP contribution in [0.1, 0.15) is 23.7 Å². The van der Waals surface area contributed by atoms with Crippen LogP contribution >= 0.6 is 11.6 Å². The van der Waals surface area contributed by atoms with Gasteiger partial charge in [0.05, 0.1) is 12.7 Å². The Morgan fingerprint density at radius 2 is 1.79 bits per heavy atom. The molecule has 34 heavy (non-hydrogen) atoms. The maximum absolute atomic E-state index is 10.2. The highest BCUT2D eigenvalue weighted by atomic mass is 35.5. The molecule has 4 rings (SSSR count). The summed E-state index contributed by atoms with van der Waals surface area (Å²) >= 11 is 6.26. The van der Waals surface area contributed by atoms with Gasteiger partial charge in [-0.05, 0) is 31.5 Å². The van der Waals surface area contributed by atoms with E-state index in [-0.39, 0.29) is 0 Å². The third-order valence-electron chi connectivity index (χ3n) is 6.15. The van der Waals surface area contributed by atoms with Crippen LogP contribution in [0.2, 0.25) is 5.02 Å². The summed E-state index contributed by atoms with van der Waals surface area (Å²) in [5.74, 6) is 1.73. The second-order valence-corrected chi connectivity index (χ2v) is 9.14. The van der Waals surface area contributed by atoms with Crippen molar-refractivity contribution in [3.63, 3.8) is 0 Å². The fourth-order valence-electron chi connectivity index (χ4n) is 4.36. The van der Waals surface area contributed by atoms with Gasteiger partial charge in [0.2, 0.25) is 0 Å². The Morgan fingerprint density at radius 1 is 1.03 bits per heavy atom. The van der Waals surface area contributed by atoms with Crippen molar-refractivity contribution >= 4 is 17.4 Å². The topological polar surface area (TPSA) is 61.7 Å². The van der Waals surface area contributed by atoms with Crippen LogP contribution in [0.15, 0.2) is 54.6 Å². The molecule has 7 heteroatoms. The highest BCUT2D eigenvalue weighted by molar-refractivity contribution is 6.30. The molecule has 1 fully saturated rings. The molecule has 0 radical (unpaired) electrons. The Labute approximate surface area is 207 Å². The van der Waals surface area contributed by atoms with Crippen LogP contribution in [0, 0.1) is 6.92 Å². The van der Waals surface area contributed by atoms with Gasteiger partial charge in [-0.15, -0.1) is 0 Å². The fraction of sp³-hybridized carbons (Fsp3) is 0.407. The summed E-state index contributed by atoms with van der Waals surface area (Å²) in [5.41, 5.74) is 4.27.